The Bertz CT molecular complexity index is 959. The van der Waals surface area contributed by atoms with Crippen molar-refractivity contribution in [3.05, 3.63) is 53.0 Å². The highest BCUT2D eigenvalue weighted by atomic mass is 16.5. The van der Waals surface area contributed by atoms with E-state index < -0.39 is 0 Å². The fourth-order valence-electron chi connectivity index (χ4n) is 3.98. The van der Waals surface area contributed by atoms with E-state index in [0.29, 0.717) is 35.6 Å². The van der Waals surface area contributed by atoms with Gasteiger partial charge in [-0.25, -0.2) is 0 Å². The summed E-state index contributed by atoms with van der Waals surface area (Å²) in [7, 11) is 3.28. The Hall–Kier alpha value is -2.87. The van der Waals surface area contributed by atoms with Crippen molar-refractivity contribution >= 4 is 0 Å². The van der Waals surface area contributed by atoms with Crippen molar-refractivity contribution in [2.45, 2.75) is 51.2 Å². The minimum Gasteiger partial charge on any atom is -0.493 e. The maximum Gasteiger partial charge on any atom is 0.252 e. The van der Waals surface area contributed by atoms with E-state index >= 15 is 0 Å². The second kappa shape index (κ2) is 8.24. The van der Waals surface area contributed by atoms with Gasteiger partial charge >= 0.3 is 0 Å². The van der Waals surface area contributed by atoms with E-state index in [4.69, 9.17) is 23.3 Å². The molecule has 2 heterocycles. The predicted molar refractivity (Wildman–Crippen MR) is 103 cm³/mol. The smallest absolute Gasteiger partial charge is 0.252 e. The fourth-order valence-corrected chi connectivity index (χ4v) is 3.98. The van der Waals surface area contributed by atoms with Crippen LogP contribution in [0.4, 0.5) is 0 Å². The predicted octanol–water partition coefficient (Wildman–Crippen LogP) is 3.96. The van der Waals surface area contributed by atoms with Crippen molar-refractivity contribution in [1.82, 2.24) is 15.3 Å². The number of methoxy groups -OCH3 is 2. The van der Waals surface area contributed by atoms with E-state index in [1.165, 1.54) is 0 Å². The number of benzene rings is 1. The topological polar surface area (TPSA) is 92.6 Å². The second-order valence-corrected chi connectivity index (χ2v) is 7.30. The lowest BCUT2D eigenvalue weighted by Crippen LogP contribution is -2.25. The van der Waals surface area contributed by atoms with E-state index in [0.717, 1.165) is 36.9 Å². The highest BCUT2D eigenvalue weighted by molar-refractivity contribution is 5.47. The average Bonchev–Trinajstić information content (AvgIpc) is 3.49. The van der Waals surface area contributed by atoms with Crippen LogP contribution in [0, 0.1) is 6.92 Å². The Morgan fingerprint density at radius 2 is 1.76 bits per heavy atom. The number of aryl methyl sites for hydroxylation is 1. The van der Waals surface area contributed by atoms with Gasteiger partial charge < -0.3 is 23.3 Å². The molecule has 0 radical (unpaired) electrons. The third kappa shape index (κ3) is 3.85. The highest BCUT2D eigenvalue weighted by Gasteiger charge is 2.42. The maximum absolute atomic E-state index is 5.63. The van der Waals surface area contributed by atoms with Crippen LogP contribution in [0.15, 0.2) is 33.3 Å². The Kier molecular flexibility index (Phi) is 5.53. The maximum atomic E-state index is 5.63. The molecule has 3 aromatic rings. The van der Waals surface area contributed by atoms with Gasteiger partial charge in [-0.05, 0) is 37.5 Å². The summed E-state index contributed by atoms with van der Waals surface area (Å²) in [4.78, 5) is 4.65. The summed E-state index contributed by atoms with van der Waals surface area (Å²) in [5.74, 6) is 3.21. The van der Waals surface area contributed by atoms with Crippen LogP contribution in [0.1, 0.15) is 54.4 Å². The Balaban J connectivity index is 1.53. The average molecular weight is 399 g/mol. The molecule has 1 aliphatic carbocycles. The van der Waals surface area contributed by atoms with Gasteiger partial charge in [-0.3, -0.25) is 0 Å². The lowest BCUT2D eigenvalue weighted by molar-refractivity contribution is 0.0696. The molecule has 0 N–H and O–H groups in total. The van der Waals surface area contributed by atoms with E-state index in [1.807, 2.05) is 25.1 Å². The molecule has 1 aromatic carbocycles. The van der Waals surface area contributed by atoms with Gasteiger partial charge in [0.1, 0.15) is 13.2 Å². The summed E-state index contributed by atoms with van der Waals surface area (Å²) in [6, 6.07) is 7.84. The summed E-state index contributed by atoms with van der Waals surface area (Å²) < 4.78 is 27.1. The summed E-state index contributed by atoms with van der Waals surface area (Å²) in [6.45, 7) is 2.39. The van der Waals surface area contributed by atoms with E-state index in [1.54, 1.807) is 14.2 Å². The number of ether oxygens (including phenoxy) is 3. The summed E-state index contributed by atoms with van der Waals surface area (Å²) >= 11 is 0. The molecule has 29 heavy (non-hydrogen) atoms. The number of rotatable bonds is 8. The fraction of sp³-hybridized carbons (Fsp3) is 0.476. The molecule has 0 atom stereocenters. The van der Waals surface area contributed by atoms with E-state index in [9.17, 15) is 0 Å². The van der Waals surface area contributed by atoms with Crippen molar-refractivity contribution in [2.75, 3.05) is 14.2 Å². The summed E-state index contributed by atoms with van der Waals surface area (Å²) in [5, 5.41) is 8.14. The molecule has 8 nitrogen and oxygen atoms in total. The molecule has 0 aliphatic heterocycles. The molecule has 1 aliphatic rings. The molecule has 4 rings (SSSR count). The lowest BCUT2D eigenvalue weighted by atomic mass is 9.78. The Labute approximate surface area is 169 Å². The molecular weight excluding hydrogens is 374 g/mol. The van der Waals surface area contributed by atoms with Crippen molar-refractivity contribution in [3.63, 3.8) is 0 Å². The third-order valence-electron chi connectivity index (χ3n) is 5.44. The molecule has 154 valence electrons. The van der Waals surface area contributed by atoms with Gasteiger partial charge in [-0.15, -0.1) is 0 Å². The zero-order valence-corrected chi connectivity index (χ0v) is 16.9. The molecule has 2 aromatic heterocycles. The van der Waals surface area contributed by atoms with Crippen LogP contribution in [0.3, 0.4) is 0 Å². The molecule has 0 bridgehead atoms. The molecule has 0 spiro atoms. The number of nitrogens with zero attached hydrogens (tertiary/aromatic N) is 3. The molecule has 1 saturated carbocycles. The number of aromatic nitrogens is 3. The normalized spacial score (nSPS) is 15.6. The second-order valence-electron chi connectivity index (χ2n) is 7.30. The van der Waals surface area contributed by atoms with Crippen LogP contribution in [-0.4, -0.2) is 29.5 Å². The van der Waals surface area contributed by atoms with Crippen molar-refractivity contribution in [1.29, 1.82) is 0 Å². The highest BCUT2D eigenvalue weighted by Crippen LogP contribution is 2.47. The molecule has 0 saturated heterocycles. The van der Waals surface area contributed by atoms with Gasteiger partial charge in [0.15, 0.2) is 23.1 Å². The van der Waals surface area contributed by atoms with Crippen LogP contribution in [0.2, 0.25) is 0 Å². The van der Waals surface area contributed by atoms with E-state index in [2.05, 4.69) is 21.4 Å². The number of hydrogen-bond acceptors (Lipinski definition) is 8. The molecular formula is C21H25N3O5. The van der Waals surface area contributed by atoms with Gasteiger partial charge in [0, 0.05) is 6.07 Å². The van der Waals surface area contributed by atoms with Gasteiger partial charge in [0.2, 0.25) is 0 Å². The molecule has 0 unspecified atom stereocenters. The van der Waals surface area contributed by atoms with Crippen LogP contribution >= 0.6 is 0 Å². The third-order valence-corrected chi connectivity index (χ3v) is 5.44. The first-order valence-corrected chi connectivity index (χ1v) is 9.70. The van der Waals surface area contributed by atoms with Crippen LogP contribution in [0.25, 0.3) is 0 Å². The largest absolute Gasteiger partial charge is 0.493 e. The Morgan fingerprint density at radius 3 is 2.45 bits per heavy atom. The van der Waals surface area contributed by atoms with Gasteiger partial charge in [-0.1, -0.05) is 29.2 Å². The van der Waals surface area contributed by atoms with Gasteiger partial charge in [0.25, 0.3) is 5.89 Å². The van der Waals surface area contributed by atoms with Gasteiger partial charge in [0.05, 0.1) is 25.3 Å². The standard InChI is InChI=1S/C21H25N3O5/c1-14-10-16(28-23-14)12-27-13-19-22-20(24-29-19)21(8-4-5-9-21)15-6-7-17(25-2)18(11-15)26-3/h6-7,10-11H,4-5,8-9,12-13H2,1-3H3. The first-order valence-electron chi connectivity index (χ1n) is 9.70. The zero-order valence-electron chi connectivity index (χ0n) is 16.9. The summed E-state index contributed by atoms with van der Waals surface area (Å²) in [5.41, 5.74) is 1.64. The first kappa shape index (κ1) is 19.4. The minimum atomic E-state index is -0.288. The minimum absolute atomic E-state index is 0.217. The lowest BCUT2D eigenvalue weighted by Gasteiger charge is -2.26. The van der Waals surface area contributed by atoms with Crippen LogP contribution < -0.4 is 9.47 Å². The first-order chi connectivity index (χ1) is 14.1. The quantitative estimate of drug-likeness (QED) is 0.562. The van der Waals surface area contributed by atoms with Crippen LogP contribution in [0.5, 0.6) is 11.5 Å². The number of hydrogen-bond donors (Lipinski definition) is 0. The Morgan fingerprint density at radius 1 is 0.966 bits per heavy atom. The van der Waals surface area contributed by atoms with Crippen molar-refractivity contribution < 1.29 is 23.3 Å². The zero-order chi connectivity index (χ0) is 20.3. The van der Waals surface area contributed by atoms with Gasteiger partial charge in [-0.2, -0.15) is 4.98 Å². The van der Waals surface area contributed by atoms with Crippen molar-refractivity contribution in [2.24, 2.45) is 0 Å². The van der Waals surface area contributed by atoms with Crippen molar-refractivity contribution in [3.8, 4) is 11.5 Å². The van der Waals surface area contributed by atoms with Crippen LogP contribution in [-0.2, 0) is 23.4 Å². The van der Waals surface area contributed by atoms with E-state index in [-0.39, 0.29) is 12.0 Å². The SMILES string of the molecule is COc1ccc(C2(c3noc(COCc4cc(C)no4)n3)CCCC2)cc1OC. The molecule has 8 heteroatoms. The summed E-state index contributed by atoms with van der Waals surface area (Å²) in [6.07, 6.45) is 4.14. The molecule has 1 fully saturated rings. The molecule has 0 amide bonds. The monoisotopic (exact) mass is 399 g/mol.